The van der Waals surface area contributed by atoms with Gasteiger partial charge in [-0.05, 0) is 44.3 Å². The topological polar surface area (TPSA) is 52.9 Å². The number of piperidine rings is 1. The molecule has 0 radical (unpaired) electrons. The summed E-state index contributed by atoms with van der Waals surface area (Å²) in [6, 6.07) is 8.20. The summed E-state index contributed by atoms with van der Waals surface area (Å²) in [5, 5.41) is 18.3. The number of hydrogen-bond acceptors (Lipinski definition) is 4. The van der Waals surface area contributed by atoms with Crippen LogP contribution in [0.1, 0.15) is 33.1 Å². The minimum absolute atomic E-state index is 0.460. The van der Waals surface area contributed by atoms with Crippen LogP contribution >= 0.6 is 0 Å². The second-order valence-electron chi connectivity index (χ2n) is 5.66. The Morgan fingerprint density at radius 2 is 1.95 bits per heavy atom. The van der Waals surface area contributed by atoms with Gasteiger partial charge < -0.3 is 14.8 Å². The number of benzene rings is 1. The summed E-state index contributed by atoms with van der Waals surface area (Å²) in [4.78, 5) is 2.49. The third-order valence-corrected chi connectivity index (χ3v) is 4.15. The maximum absolute atomic E-state index is 9.14. The van der Waals surface area contributed by atoms with Crippen LogP contribution in [0.5, 0.6) is 5.75 Å². The van der Waals surface area contributed by atoms with E-state index in [0.29, 0.717) is 29.9 Å². The van der Waals surface area contributed by atoms with Crippen molar-refractivity contribution in [1.29, 1.82) is 0 Å². The van der Waals surface area contributed by atoms with Gasteiger partial charge in [0.1, 0.15) is 12.4 Å². The number of ether oxygens (including phenoxy) is 1. The van der Waals surface area contributed by atoms with E-state index >= 15 is 0 Å². The highest BCUT2D eigenvalue weighted by Crippen LogP contribution is 2.22. The lowest BCUT2D eigenvalue weighted by molar-refractivity contribution is 0.0851. The molecule has 1 aliphatic heterocycles. The van der Waals surface area contributed by atoms with Gasteiger partial charge in [-0.15, -0.1) is 0 Å². The Bertz CT molecular complexity index is 417. The molecule has 1 heterocycles. The van der Waals surface area contributed by atoms with Crippen LogP contribution in [-0.4, -0.2) is 47.3 Å². The van der Waals surface area contributed by atoms with Gasteiger partial charge in [0, 0.05) is 18.6 Å². The zero-order valence-corrected chi connectivity index (χ0v) is 12.3. The molecule has 0 aromatic heterocycles. The molecule has 0 bridgehead atoms. The molecule has 20 heavy (non-hydrogen) atoms. The monoisotopic (exact) mass is 277 g/mol. The van der Waals surface area contributed by atoms with E-state index in [4.69, 9.17) is 14.8 Å². The van der Waals surface area contributed by atoms with E-state index in [2.05, 4.69) is 18.7 Å². The molecule has 2 rings (SSSR count). The van der Waals surface area contributed by atoms with E-state index in [0.717, 1.165) is 6.54 Å². The van der Waals surface area contributed by atoms with Gasteiger partial charge in [-0.2, -0.15) is 0 Å². The average molecular weight is 277 g/mol. The van der Waals surface area contributed by atoms with Crippen LogP contribution in [0, 0.1) is 0 Å². The number of hydrogen-bond donors (Lipinski definition) is 2. The highest BCUT2D eigenvalue weighted by molar-refractivity contribution is 6.58. The van der Waals surface area contributed by atoms with Gasteiger partial charge in [0.15, 0.2) is 0 Å². The van der Waals surface area contributed by atoms with Gasteiger partial charge >= 0.3 is 7.12 Å². The average Bonchev–Trinajstić information content (AvgIpc) is 2.42. The van der Waals surface area contributed by atoms with E-state index in [-0.39, 0.29) is 0 Å². The van der Waals surface area contributed by atoms with E-state index in [9.17, 15) is 0 Å². The Balaban J connectivity index is 1.84. The van der Waals surface area contributed by atoms with E-state index in [1.165, 1.54) is 19.3 Å². The summed E-state index contributed by atoms with van der Waals surface area (Å²) in [6.45, 7) is 6.09. The molecular formula is C15H24BNO3. The summed E-state index contributed by atoms with van der Waals surface area (Å²) in [5.74, 6) is 0.688. The summed E-state index contributed by atoms with van der Waals surface area (Å²) < 4.78 is 5.73. The van der Waals surface area contributed by atoms with Crippen LogP contribution < -0.4 is 10.2 Å². The largest absolute Gasteiger partial charge is 0.492 e. The van der Waals surface area contributed by atoms with Gasteiger partial charge in [-0.25, -0.2) is 0 Å². The molecule has 0 amide bonds. The fraction of sp³-hybridized carbons (Fsp3) is 0.600. The molecule has 5 heteroatoms. The molecule has 0 saturated carbocycles. The maximum Gasteiger partial charge on any atom is 0.488 e. The lowest BCUT2D eigenvalue weighted by atomic mass is 9.80. The molecule has 1 aromatic rings. The molecule has 0 aliphatic carbocycles. The second kappa shape index (κ2) is 7.11. The molecule has 1 aromatic carbocycles. The Labute approximate surface area is 121 Å². The van der Waals surface area contributed by atoms with Gasteiger partial charge in [0.05, 0.1) is 0 Å². The van der Waals surface area contributed by atoms with Crippen molar-refractivity contribution in [2.75, 3.05) is 13.2 Å². The first kappa shape index (κ1) is 15.4. The first-order valence-corrected chi connectivity index (χ1v) is 7.42. The Hall–Kier alpha value is -1.04. The van der Waals surface area contributed by atoms with E-state index < -0.39 is 7.12 Å². The molecule has 1 aliphatic rings. The van der Waals surface area contributed by atoms with Gasteiger partial charge in [-0.3, -0.25) is 4.90 Å². The van der Waals surface area contributed by atoms with Crippen molar-refractivity contribution in [2.45, 2.75) is 45.2 Å². The van der Waals surface area contributed by atoms with Crippen molar-refractivity contribution in [3.05, 3.63) is 24.3 Å². The summed E-state index contributed by atoms with van der Waals surface area (Å²) in [6.07, 6.45) is 3.84. The van der Waals surface area contributed by atoms with Gasteiger partial charge in [0.2, 0.25) is 0 Å². The predicted octanol–water partition coefficient (Wildman–Crippen LogP) is 1.01. The Morgan fingerprint density at radius 3 is 2.60 bits per heavy atom. The molecular weight excluding hydrogens is 253 g/mol. The molecule has 2 N–H and O–H groups in total. The summed E-state index contributed by atoms with van der Waals surface area (Å²) >= 11 is 0. The van der Waals surface area contributed by atoms with Crippen LogP contribution in [0.4, 0.5) is 0 Å². The fourth-order valence-corrected chi connectivity index (χ4v) is 2.95. The molecule has 2 unspecified atom stereocenters. The summed E-state index contributed by atoms with van der Waals surface area (Å²) in [5.41, 5.74) is 0.460. The normalized spacial score (nSPS) is 23.6. The third kappa shape index (κ3) is 3.98. The molecule has 1 fully saturated rings. The highest BCUT2D eigenvalue weighted by Gasteiger charge is 2.24. The van der Waals surface area contributed by atoms with Crippen LogP contribution in [0.3, 0.4) is 0 Å². The zero-order chi connectivity index (χ0) is 14.5. The second-order valence-corrected chi connectivity index (χ2v) is 5.66. The van der Waals surface area contributed by atoms with Crippen molar-refractivity contribution in [1.82, 2.24) is 4.90 Å². The molecule has 0 spiro atoms. The number of rotatable bonds is 5. The van der Waals surface area contributed by atoms with Crippen LogP contribution in [0.2, 0.25) is 0 Å². The number of nitrogens with zero attached hydrogens (tertiary/aromatic N) is 1. The Kier molecular flexibility index (Phi) is 5.46. The van der Waals surface area contributed by atoms with Crippen molar-refractivity contribution in [3.8, 4) is 5.75 Å². The van der Waals surface area contributed by atoms with Crippen molar-refractivity contribution >= 4 is 12.6 Å². The van der Waals surface area contributed by atoms with Crippen LogP contribution in [-0.2, 0) is 0 Å². The standard InChI is InChI=1S/C15H24BNO3/c1-12-5-3-6-13(2)17(12)9-10-20-15-8-4-7-14(11-15)16(18)19/h4,7-8,11-13,18-19H,3,5-6,9-10H2,1-2H3. The molecule has 1 saturated heterocycles. The lowest BCUT2D eigenvalue weighted by Gasteiger charge is -2.38. The minimum Gasteiger partial charge on any atom is -0.492 e. The zero-order valence-electron chi connectivity index (χ0n) is 12.3. The van der Waals surface area contributed by atoms with Crippen molar-refractivity contribution in [3.63, 3.8) is 0 Å². The van der Waals surface area contributed by atoms with Crippen molar-refractivity contribution < 1.29 is 14.8 Å². The SMILES string of the molecule is CC1CCCC(C)N1CCOc1cccc(B(O)O)c1. The quantitative estimate of drug-likeness (QED) is 0.789. The minimum atomic E-state index is -1.44. The van der Waals surface area contributed by atoms with Gasteiger partial charge in [0.25, 0.3) is 0 Å². The lowest BCUT2D eigenvalue weighted by Crippen LogP contribution is -2.45. The Morgan fingerprint density at radius 1 is 1.25 bits per heavy atom. The number of likely N-dealkylation sites (tertiary alicyclic amines) is 1. The maximum atomic E-state index is 9.14. The smallest absolute Gasteiger partial charge is 0.488 e. The summed E-state index contributed by atoms with van der Waals surface area (Å²) in [7, 11) is -1.44. The highest BCUT2D eigenvalue weighted by atomic mass is 16.5. The fourth-order valence-electron chi connectivity index (χ4n) is 2.95. The van der Waals surface area contributed by atoms with E-state index in [1.54, 1.807) is 18.2 Å². The molecule has 110 valence electrons. The molecule has 4 nitrogen and oxygen atoms in total. The van der Waals surface area contributed by atoms with Gasteiger partial charge in [-0.1, -0.05) is 18.6 Å². The van der Waals surface area contributed by atoms with Crippen LogP contribution in [0.25, 0.3) is 0 Å². The molecule has 2 atom stereocenters. The first-order valence-electron chi connectivity index (χ1n) is 7.42. The van der Waals surface area contributed by atoms with Crippen molar-refractivity contribution in [2.24, 2.45) is 0 Å². The predicted molar refractivity (Wildman–Crippen MR) is 81.2 cm³/mol. The van der Waals surface area contributed by atoms with E-state index in [1.807, 2.05) is 6.07 Å². The third-order valence-electron chi connectivity index (χ3n) is 4.15. The van der Waals surface area contributed by atoms with Crippen LogP contribution in [0.15, 0.2) is 24.3 Å². The first-order chi connectivity index (χ1) is 9.58.